The number of carbonyl (C=O) groups excluding carboxylic acids is 2. The van der Waals surface area contributed by atoms with Crippen molar-refractivity contribution in [1.82, 2.24) is 0 Å². The van der Waals surface area contributed by atoms with Gasteiger partial charge in [-0.05, 0) is 18.2 Å². The number of hydrogen-bond acceptors (Lipinski definition) is 5. The lowest BCUT2D eigenvalue weighted by Gasteiger charge is -1.88. The monoisotopic (exact) mass is 238 g/mol. The summed E-state index contributed by atoms with van der Waals surface area (Å²) in [4.78, 5) is 33.6. The second kappa shape index (κ2) is 3.90. The Morgan fingerprint density at radius 3 is 2.69 bits per heavy atom. The summed E-state index contributed by atoms with van der Waals surface area (Å²) in [5.41, 5.74) is -0.0289. The molecule has 0 radical (unpaired) electrons. The number of rotatable bonds is 2. The highest BCUT2D eigenvalue weighted by atomic mass is 32.1. The molecule has 1 aliphatic heterocycles. The van der Waals surface area contributed by atoms with Gasteiger partial charge in [-0.15, -0.1) is 11.3 Å². The Balaban J connectivity index is 2.31. The lowest BCUT2D eigenvalue weighted by molar-refractivity contribution is -0.135. The first-order valence-electron chi connectivity index (χ1n) is 4.33. The van der Waals surface area contributed by atoms with E-state index in [1.54, 1.807) is 6.07 Å². The molecular weight excluding hydrogens is 232 g/mol. The molecule has 0 aromatic carbocycles. The highest BCUT2D eigenvalue weighted by Gasteiger charge is 2.28. The Labute approximate surface area is 94.0 Å². The van der Waals surface area contributed by atoms with Gasteiger partial charge in [-0.1, -0.05) is 0 Å². The summed E-state index contributed by atoms with van der Waals surface area (Å²) in [6.07, 6.45) is 1.36. The predicted molar refractivity (Wildman–Crippen MR) is 55.2 cm³/mol. The third-order valence-electron chi connectivity index (χ3n) is 1.98. The lowest BCUT2D eigenvalue weighted by atomic mass is 10.2. The van der Waals surface area contributed by atoms with Crippen LogP contribution in [0.3, 0.4) is 0 Å². The van der Waals surface area contributed by atoms with Gasteiger partial charge in [0, 0.05) is 4.88 Å². The quantitative estimate of drug-likeness (QED) is 0.471. The molecule has 0 bridgehead atoms. The zero-order chi connectivity index (χ0) is 11.7. The molecule has 1 aromatic heterocycles. The summed E-state index contributed by atoms with van der Waals surface area (Å²) in [6, 6.07) is 2.96. The van der Waals surface area contributed by atoms with E-state index in [0.717, 1.165) is 11.3 Å². The number of Topliss-reactive ketones (excluding diaryl/α,β-unsaturated/α-hetero) is 1. The van der Waals surface area contributed by atoms with Crippen molar-refractivity contribution < 1.29 is 24.2 Å². The fourth-order valence-electron chi connectivity index (χ4n) is 1.23. The number of ketones is 1. The van der Waals surface area contributed by atoms with Gasteiger partial charge in [0.25, 0.3) is 0 Å². The maximum atomic E-state index is 11.2. The van der Waals surface area contributed by atoms with Crippen molar-refractivity contribution in [2.45, 2.75) is 0 Å². The summed E-state index contributed by atoms with van der Waals surface area (Å²) in [5.74, 6) is -2.07. The number of ether oxygens (including phenoxy) is 1. The predicted octanol–water partition coefficient (Wildman–Crippen LogP) is 0.956. The van der Waals surface area contributed by atoms with Gasteiger partial charge in [0.15, 0.2) is 6.61 Å². The van der Waals surface area contributed by atoms with Gasteiger partial charge >= 0.3 is 11.9 Å². The highest BCUT2D eigenvalue weighted by molar-refractivity contribution is 7.14. The Bertz CT molecular complexity index is 493. The van der Waals surface area contributed by atoms with Crippen molar-refractivity contribution in [2.24, 2.45) is 0 Å². The average Bonchev–Trinajstić information content (AvgIpc) is 2.80. The molecular formula is C10H6O5S. The van der Waals surface area contributed by atoms with Crippen LogP contribution in [0.2, 0.25) is 0 Å². The van der Waals surface area contributed by atoms with Crippen LogP contribution < -0.4 is 0 Å². The first-order chi connectivity index (χ1) is 7.58. The number of carboxylic acids is 1. The van der Waals surface area contributed by atoms with Crippen LogP contribution in [0.15, 0.2) is 17.7 Å². The molecule has 5 nitrogen and oxygen atoms in total. The number of carboxylic acid groups (broad SMARTS) is 1. The van der Waals surface area contributed by atoms with Crippen LogP contribution in [0.4, 0.5) is 0 Å². The largest absolute Gasteiger partial charge is 0.477 e. The van der Waals surface area contributed by atoms with Crippen LogP contribution in [-0.2, 0) is 14.3 Å². The molecule has 1 fully saturated rings. The standard InChI is InChI=1S/C10H6O5S/c11-7-4-15-10(14)6(7)3-5-1-2-8(16-5)9(12)13/h1-3H,4H2,(H,12,13). The smallest absolute Gasteiger partial charge is 0.345 e. The fourth-order valence-corrected chi connectivity index (χ4v) is 2.02. The van der Waals surface area contributed by atoms with Crippen molar-refractivity contribution in [3.05, 3.63) is 27.5 Å². The van der Waals surface area contributed by atoms with Gasteiger partial charge in [-0.25, -0.2) is 9.59 Å². The first-order valence-corrected chi connectivity index (χ1v) is 5.15. The molecule has 1 aromatic rings. The summed E-state index contributed by atoms with van der Waals surface area (Å²) in [7, 11) is 0. The molecule has 0 spiro atoms. The number of aromatic carboxylic acids is 1. The topological polar surface area (TPSA) is 80.7 Å². The van der Waals surface area contributed by atoms with Gasteiger partial charge < -0.3 is 9.84 Å². The van der Waals surface area contributed by atoms with E-state index in [1.165, 1.54) is 12.1 Å². The van der Waals surface area contributed by atoms with Crippen molar-refractivity contribution in [2.75, 3.05) is 6.61 Å². The number of cyclic esters (lactones) is 1. The molecule has 0 saturated carbocycles. The highest BCUT2D eigenvalue weighted by Crippen LogP contribution is 2.21. The maximum absolute atomic E-state index is 11.2. The van der Waals surface area contributed by atoms with Crippen LogP contribution >= 0.6 is 11.3 Å². The minimum absolute atomic E-state index is 0.0289. The van der Waals surface area contributed by atoms with Crippen LogP contribution in [-0.4, -0.2) is 29.4 Å². The van der Waals surface area contributed by atoms with Crippen LogP contribution in [0.1, 0.15) is 14.5 Å². The second-order valence-corrected chi connectivity index (χ2v) is 4.18. The SMILES string of the molecule is O=C1COC(=O)C1=Cc1ccc(C(=O)O)s1. The fraction of sp³-hybridized carbons (Fsp3) is 0.100. The van der Waals surface area contributed by atoms with Gasteiger partial charge in [0.1, 0.15) is 10.5 Å². The van der Waals surface area contributed by atoms with E-state index in [9.17, 15) is 14.4 Å². The minimum atomic E-state index is -1.03. The molecule has 0 aliphatic carbocycles. The third kappa shape index (κ3) is 1.87. The molecule has 0 unspecified atom stereocenters. The molecule has 16 heavy (non-hydrogen) atoms. The van der Waals surface area contributed by atoms with E-state index in [1.807, 2.05) is 0 Å². The van der Waals surface area contributed by atoms with E-state index in [0.29, 0.717) is 4.88 Å². The van der Waals surface area contributed by atoms with E-state index < -0.39 is 11.9 Å². The van der Waals surface area contributed by atoms with E-state index in [-0.39, 0.29) is 22.8 Å². The molecule has 0 atom stereocenters. The number of thiophene rings is 1. The first kappa shape index (κ1) is 10.6. The van der Waals surface area contributed by atoms with Gasteiger partial charge in [0.05, 0.1) is 0 Å². The summed E-state index contributed by atoms with van der Waals surface area (Å²) >= 11 is 0.996. The zero-order valence-electron chi connectivity index (χ0n) is 7.93. The van der Waals surface area contributed by atoms with Gasteiger partial charge in [-0.3, -0.25) is 4.79 Å². The molecule has 2 heterocycles. The Kier molecular flexibility index (Phi) is 2.57. The van der Waals surface area contributed by atoms with Crippen LogP contribution in [0, 0.1) is 0 Å². The lowest BCUT2D eigenvalue weighted by Crippen LogP contribution is -1.99. The molecule has 1 saturated heterocycles. The Morgan fingerprint density at radius 1 is 1.44 bits per heavy atom. The molecule has 1 aliphatic rings. The number of hydrogen-bond donors (Lipinski definition) is 1. The molecule has 0 amide bonds. The minimum Gasteiger partial charge on any atom is -0.477 e. The number of esters is 1. The third-order valence-corrected chi connectivity index (χ3v) is 3.00. The molecule has 82 valence electrons. The van der Waals surface area contributed by atoms with Crippen LogP contribution in [0.25, 0.3) is 6.08 Å². The van der Waals surface area contributed by atoms with E-state index in [4.69, 9.17) is 5.11 Å². The van der Waals surface area contributed by atoms with E-state index in [2.05, 4.69) is 4.74 Å². The normalized spacial score (nSPS) is 17.9. The molecule has 2 rings (SSSR count). The Morgan fingerprint density at radius 2 is 2.19 bits per heavy atom. The maximum Gasteiger partial charge on any atom is 0.345 e. The van der Waals surface area contributed by atoms with Crippen molar-refractivity contribution in [1.29, 1.82) is 0 Å². The number of carbonyl (C=O) groups is 3. The van der Waals surface area contributed by atoms with Gasteiger partial charge in [-0.2, -0.15) is 0 Å². The summed E-state index contributed by atoms with van der Waals surface area (Å²) < 4.78 is 4.54. The van der Waals surface area contributed by atoms with Gasteiger partial charge in [0.2, 0.25) is 5.78 Å². The average molecular weight is 238 g/mol. The van der Waals surface area contributed by atoms with Crippen LogP contribution in [0.5, 0.6) is 0 Å². The van der Waals surface area contributed by atoms with Crippen molar-refractivity contribution in [3.8, 4) is 0 Å². The molecule has 6 heteroatoms. The Hall–Kier alpha value is -1.95. The van der Waals surface area contributed by atoms with E-state index >= 15 is 0 Å². The zero-order valence-corrected chi connectivity index (χ0v) is 8.74. The molecule has 1 N–H and O–H groups in total. The second-order valence-electron chi connectivity index (χ2n) is 3.06. The van der Waals surface area contributed by atoms with Crippen molar-refractivity contribution >= 4 is 35.1 Å². The van der Waals surface area contributed by atoms with Crippen molar-refractivity contribution in [3.63, 3.8) is 0 Å². The summed E-state index contributed by atoms with van der Waals surface area (Å²) in [6.45, 7) is -0.234. The summed E-state index contributed by atoms with van der Waals surface area (Å²) in [5, 5.41) is 8.69.